The van der Waals surface area contributed by atoms with Gasteiger partial charge in [-0.05, 0) is 25.8 Å². The molecule has 0 amide bonds. The molecule has 0 saturated carbocycles. The Morgan fingerprint density at radius 1 is 1.35 bits per heavy atom. The predicted molar refractivity (Wildman–Crippen MR) is 79.3 cm³/mol. The maximum Gasteiger partial charge on any atom is 0.433 e. The number of anilines is 1. The van der Waals surface area contributed by atoms with E-state index in [0.717, 1.165) is 36.4 Å². The van der Waals surface area contributed by atoms with Gasteiger partial charge >= 0.3 is 6.18 Å². The summed E-state index contributed by atoms with van der Waals surface area (Å²) in [6, 6.07) is 0.705. The van der Waals surface area contributed by atoms with E-state index in [1.165, 1.54) is 0 Å². The van der Waals surface area contributed by atoms with Crippen LogP contribution >= 0.6 is 11.6 Å². The Balaban J connectivity index is 1.99. The Labute approximate surface area is 136 Å². The highest BCUT2D eigenvalue weighted by molar-refractivity contribution is 6.30. The van der Waals surface area contributed by atoms with Crippen molar-refractivity contribution >= 4 is 17.5 Å². The molecule has 2 aromatic rings. The lowest BCUT2D eigenvalue weighted by Crippen LogP contribution is -2.26. The van der Waals surface area contributed by atoms with E-state index in [4.69, 9.17) is 11.6 Å². The molecule has 0 aliphatic carbocycles. The van der Waals surface area contributed by atoms with Crippen molar-refractivity contribution < 1.29 is 13.2 Å². The van der Waals surface area contributed by atoms with Crippen LogP contribution in [0.1, 0.15) is 35.8 Å². The van der Waals surface area contributed by atoms with Crippen molar-refractivity contribution in [3.05, 3.63) is 34.4 Å². The average Bonchev–Trinajstić information content (AvgIpc) is 3.04. The molecule has 0 radical (unpaired) electrons. The molecule has 1 atom stereocenters. The van der Waals surface area contributed by atoms with E-state index >= 15 is 0 Å². The number of aromatic nitrogens is 4. The predicted octanol–water partition coefficient (Wildman–Crippen LogP) is 3.53. The van der Waals surface area contributed by atoms with Crippen molar-refractivity contribution in [3.8, 4) is 0 Å². The van der Waals surface area contributed by atoms with Crippen LogP contribution in [0.3, 0.4) is 0 Å². The van der Waals surface area contributed by atoms with Gasteiger partial charge in [-0.3, -0.25) is 4.68 Å². The van der Waals surface area contributed by atoms with Crippen LogP contribution in [0.5, 0.6) is 0 Å². The lowest BCUT2D eigenvalue weighted by molar-refractivity contribution is -0.141. The highest BCUT2D eigenvalue weighted by Crippen LogP contribution is 2.39. The molecule has 0 spiro atoms. The number of halogens is 4. The summed E-state index contributed by atoms with van der Waals surface area (Å²) >= 11 is 6.30. The van der Waals surface area contributed by atoms with Gasteiger partial charge in [0.15, 0.2) is 0 Å². The van der Waals surface area contributed by atoms with E-state index in [2.05, 4.69) is 15.1 Å². The Hall–Kier alpha value is -1.83. The maximum atomic E-state index is 12.9. The summed E-state index contributed by atoms with van der Waals surface area (Å²) in [5.74, 6) is 0.0710. The van der Waals surface area contributed by atoms with Crippen LogP contribution in [0.2, 0.25) is 5.15 Å². The smallest absolute Gasteiger partial charge is 0.334 e. The summed E-state index contributed by atoms with van der Waals surface area (Å²) in [4.78, 5) is 9.48. The molecule has 0 unspecified atom stereocenters. The Kier molecular flexibility index (Phi) is 3.95. The first-order valence-corrected chi connectivity index (χ1v) is 7.52. The molecule has 23 heavy (non-hydrogen) atoms. The van der Waals surface area contributed by atoms with Gasteiger partial charge in [0, 0.05) is 25.4 Å². The van der Waals surface area contributed by atoms with Crippen LogP contribution in [-0.2, 0) is 13.2 Å². The Morgan fingerprint density at radius 3 is 2.70 bits per heavy atom. The molecule has 3 heterocycles. The van der Waals surface area contributed by atoms with Crippen molar-refractivity contribution in [1.29, 1.82) is 0 Å². The largest absolute Gasteiger partial charge is 0.433 e. The number of aryl methyl sites for hydroxylation is 2. The molecule has 124 valence electrons. The summed E-state index contributed by atoms with van der Waals surface area (Å²) in [5, 5.41) is 4.77. The molecule has 1 aliphatic heterocycles. The standard InChI is InChI=1S/C14H15ClF3N5/c1-8-11(12(15)22(2)21-8)9-4-3-7-23(9)13-19-6-5-10(20-13)14(16,17)18/h5-6,9H,3-4,7H2,1-2H3/t9-/m0/s1. The first kappa shape index (κ1) is 16.0. The molecule has 1 saturated heterocycles. The summed E-state index contributed by atoms with van der Waals surface area (Å²) < 4.78 is 40.2. The van der Waals surface area contributed by atoms with Crippen molar-refractivity contribution in [2.75, 3.05) is 11.4 Å². The van der Waals surface area contributed by atoms with Gasteiger partial charge < -0.3 is 4.90 Å². The van der Waals surface area contributed by atoms with Crippen LogP contribution in [-0.4, -0.2) is 26.3 Å². The van der Waals surface area contributed by atoms with Gasteiger partial charge in [-0.2, -0.15) is 18.3 Å². The fraction of sp³-hybridized carbons (Fsp3) is 0.500. The quantitative estimate of drug-likeness (QED) is 0.835. The van der Waals surface area contributed by atoms with Gasteiger partial charge in [-0.15, -0.1) is 0 Å². The van der Waals surface area contributed by atoms with Gasteiger partial charge in [-0.1, -0.05) is 11.6 Å². The summed E-state index contributed by atoms with van der Waals surface area (Å²) in [7, 11) is 1.74. The van der Waals surface area contributed by atoms with E-state index in [9.17, 15) is 13.2 Å². The van der Waals surface area contributed by atoms with Gasteiger partial charge in [0.1, 0.15) is 10.8 Å². The maximum absolute atomic E-state index is 12.9. The van der Waals surface area contributed by atoms with Crippen molar-refractivity contribution in [2.24, 2.45) is 7.05 Å². The molecule has 1 aliphatic rings. The molecular weight excluding hydrogens is 331 g/mol. The minimum atomic E-state index is -4.49. The van der Waals surface area contributed by atoms with Crippen LogP contribution < -0.4 is 4.90 Å². The third-order valence-electron chi connectivity index (χ3n) is 3.97. The highest BCUT2D eigenvalue weighted by atomic mass is 35.5. The highest BCUT2D eigenvalue weighted by Gasteiger charge is 2.36. The second kappa shape index (κ2) is 5.67. The summed E-state index contributed by atoms with van der Waals surface area (Å²) in [6.45, 7) is 2.42. The minimum absolute atomic E-state index is 0.0710. The fourth-order valence-corrected chi connectivity index (χ4v) is 3.28. The zero-order chi connectivity index (χ0) is 16.8. The molecule has 3 rings (SSSR count). The zero-order valence-electron chi connectivity index (χ0n) is 12.6. The number of alkyl halides is 3. The first-order valence-electron chi connectivity index (χ1n) is 7.15. The zero-order valence-corrected chi connectivity index (χ0v) is 13.4. The third-order valence-corrected chi connectivity index (χ3v) is 4.42. The minimum Gasteiger partial charge on any atom is -0.334 e. The van der Waals surface area contributed by atoms with Gasteiger partial charge in [-0.25, -0.2) is 9.97 Å². The summed E-state index contributed by atoms with van der Waals surface area (Å²) in [6.07, 6.45) is -1.76. The van der Waals surface area contributed by atoms with Crippen molar-refractivity contribution in [3.63, 3.8) is 0 Å². The van der Waals surface area contributed by atoms with Gasteiger partial charge in [0.25, 0.3) is 0 Å². The van der Waals surface area contributed by atoms with Gasteiger partial charge in [0.2, 0.25) is 5.95 Å². The molecule has 1 fully saturated rings. The normalized spacial score (nSPS) is 18.7. The molecule has 5 nitrogen and oxygen atoms in total. The van der Waals surface area contributed by atoms with Gasteiger partial charge in [0.05, 0.1) is 11.7 Å². The molecule has 9 heteroatoms. The van der Waals surface area contributed by atoms with Crippen LogP contribution in [0, 0.1) is 6.92 Å². The SMILES string of the molecule is Cc1nn(C)c(Cl)c1[C@@H]1CCCN1c1nccc(C(F)(F)F)n1. The fourth-order valence-electron chi connectivity index (χ4n) is 2.98. The summed E-state index contributed by atoms with van der Waals surface area (Å²) in [5.41, 5.74) is 0.649. The average molecular weight is 346 g/mol. The van der Waals surface area contributed by atoms with Crippen LogP contribution in [0.15, 0.2) is 12.3 Å². The molecule has 0 N–H and O–H groups in total. The second-order valence-electron chi connectivity index (χ2n) is 5.50. The molecule has 0 aromatic carbocycles. The Morgan fingerprint density at radius 2 is 2.09 bits per heavy atom. The molecule has 0 bridgehead atoms. The molecule has 2 aromatic heterocycles. The number of rotatable bonds is 2. The lowest BCUT2D eigenvalue weighted by Gasteiger charge is -2.25. The number of hydrogen-bond donors (Lipinski definition) is 0. The van der Waals surface area contributed by atoms with E-state index in [-0.39, 0.29) is 12.0 Å². The van der Waals surface area contributed by atoms with Crippen LogP contribution in [0.4, 0.5) is 19.1 Å². The monoisotopic (exact) mass is 345 g/mol. The number of hydrogen-bond acceptors (Lipinski definition) is 4. The van der Waals surface area contributed by atoms with E-state index < -0.39 is 11.9 Å². The van der Waals surface area contributed by atoms with Crippen molar-refractivity contribution in [2.45, 2.75) is 32.0 Å². The second-order valence-corrected chi connectivity index (χ2v) is 5.86. The van der Waals surface area contributed by atoms with Crippen LogP contribution in [0.25, 0.3) is 0 Å². The first-order chi connectivity index (χ1) is 10.8. The van der Waals surface area contributed by atoms with E-state index in [1.54, 1.807) is 16.6 Å². The molecular formula is C14H15ClF3N5. The lowest BCUT2D eigenvalue weighted by atomic mass is 10.1. The van der Waals surface area contributed by atoms with E-state index in [0.29, 0.717) is 11.7 Å². The van der Waals surface area contributed by atoms with E-state index in [1.807, 2.05) is 6.92 Å². The number of nitrogens with zero attached hydrogens (tertiary/aromatic N) is 5. The van der Waals surface area contributed by atoms with Crippen molar-refractivity contribution in [1.82, 2.24) is 19.7 Å². The third kappa shape index (κ3) is 2.87. The topological polar surface area (TPSA) is 46.8 Å². The Bertz CT molecular complexity index is 728.